The van der Waals surface area contributed by atoms with Crippen molar-refractivity contribution < 1.29 is 0 Å². The number of benzene rings is 2. The molecule has 0 saturated carbocycles. The van der Waals surface area contributed by atoms with E-state index in [9.17, 15) is 0 Å². The highest BCUT2D eigenvalue weighted by molar-refractivity contribution is 5.78. The Morgan fingerprint density at radius 2 is 1.81 bits per heavy atom. The molecule has 0 amide bonds. The van der Waals surface area contributed by atoms with Crippen molar-refractivity contribution in [3.05, 3.63) is 71.0 Å². The Morgan fingerprint density at radius 1 is 1.00 bits per heavy atom. The number of fused-ring (bicyclic) bond motifs is 1. The van der Waals surface area contributed by atoms with Crippen LogP contribution >= 0.6 is 0 Å². The second-order valence-corrected chi connectivity index (χ2v) is 5.21. The number of hydrogen-bond acceptors (Lipinski definition) is 4. The number of nitrogens with one attached hydrogen (secondary N) is 1. The number of para-hydroxylation sites is 1. The molecular formula is C17H18N4. The summed E-state index contributed by atoms with van der Waals surface area (Å²) in [6.45, 7) is 4.21. The highest BCUT2D eigenvalue weighted by atomic mass is 15.2. The van der Waals surface area contributed by atoms with Crippen LogP contribution in [0, 0.1) is 13.8 Å². The van der Waals surface area contributed by atoms with Gasteiger partial charge < -0.3 is 0 Å². The Balaban J connectivity index is 2.16. The minimum Gasteiger partial charge on any atom is -0.271 e. The number of nitrogens with two attached hydrogens (primary N) is 1. The maximum Gasteiger partial charge on any atom is 0.0938 e. The third kappa shape index (κ3) is 2.51. The molecule has 1 unspecified atom stereocenters. The van der Waals surface area contributed by atoms with Gasteiger partial charge in [-0.1, -0.05) is 30.3 Å². The smallest absolute Gasteiger partial charge is 0.0938 e. The Labute approximate surface area is 124 Å². The molecule has 3 aromatic rings. The van der Waals surface area contributed by atoms with Gasteiger partial charge in [0.05, 0.1) is 17.1 Å². The number of rotatable bonds is 3. The summed E-state index contributed by atoms with van der Waals surface area (Å²) in [6.07, 6.45) is 3.41. The first-order valence-electron chi connectivity index (χ1n) is 6.93. The van der Waals surface area contributed by atoms with Crippen molar-refractivity contribution in [3.8, 4) is 0 Å². The Morgan fingerprint density at radius 3 is 2.57 bits per heavy atom. The summed E-state index contributed by atoms with van der Waals surface area (Å²) in [5, 5.41) is 0. The highest BCUT2D eigenvalue weighted by Crippen LogP contribution is 2.27. The van der Waals surface area contributed by atoms with Crippen LogP contribution in [0.2, 0.25) is 0 Å². The number of aryl methyl sites for hydroxylation is 2. The summed E-state index contributed by atoms with van der Waals surface area (Å²) in [7, 11) is 0. The molecule has 21 heavy (non-hydrogen) atoms. The van der Waals surface area contributed by atoms with Crippen molar-refractivity contribution >= 4 is 11.0 Å². The molecule has 0 spiro atoms. The van der Waals surface area contributed by atoms with Gasteiger partial charge in [-0.3, -0.25) is 15.8 Å². The van der Waals surface area contributed by atoms with E-state index >= 15 is 0 Å². The normalized spacial score (nSPS) is 12.5. The van der Waals surface area contributed by atoms with Crippen LogP contribution in [-0.2, 0) is 0 Å². The van der Waals surface area contributed by atoms with Crippen LogP contribution in [0.4, 0.5) is 0 Å². The minimum atomic E-state index is -0.107. The zero-order chi connectivity index (χ0) is 14.8. The fourth-order valence-corrected chi connectivity index (χ4v) is 2.56. The molecule has 4 nitrogen and oxygen atoms in total. The van der Waals surface area contributed by atoms with E-state index < -0.39 is 0 Å². The number of aromatic nitrogens is 2. The molecule has 2 aromatic carbocycles. The number of hydrogen-bond donors (Lipinski definition) is 2. The minimum absolute atomic E-state index is 0.107. The monoisotopic (exact) mass is 278 g/mol. The van der Waals surface area contributed by atoms with E-state index in [-0.39, 0.29) is 6.04 Å². The van der Waals surface area contributed by atoms with Gasteiger partial charge in [0.2, 0.25) is 0 Å². The molecule has 0 radical (unpaired) electrons. The van der Waals surface area contributed by atoms with Crippen LogP contribution in [-0.4, -0.2) is 9.97 Å². The van der Waals surface area contributed by atoms with Gasteiger partial charge in [0, 0.05) is 18.0 Å². The van der Waals surface area contributed by atoms with Gasteiger partial charge in [-0.15, -0.1) is 0 Å². The summed E-state index contributed by atoms with van der Waals surface area (Å²) in [5.74, 6) is 5.82. The summed E-state index contributed by atoms with van der Waals surface area (Å²) in [5.41, 5.74) is 9.33. The Hall–Kier alpha value is -2.30. The average molecular weight is 278 g/mol. The Kier molecular flexibility index (Phi) is 3.64. The number of hydrazine groups is 1. The average Bonchev–Trinajstić information content (AvgIpc) is 2.52. The lowest BCUT2D eigenvalue weighted by Crippen LogP contribution is -2.29. The molecule has 106 valence electrons. The van der Waals surface area contributed by atoms with Gasteiger partial charge in [-0.25, -0.2) is 5.43 Å². The van der Waals surface area contributed by atoms with Crippen LogP contribution in [0.3, 0.4) is 0 Å². The molecule has 1 atom stereocenters. The molecule has 0 aliphatic heterocycles. The predicted octanol–water partition coefficient (Wildman–Crippen LogP) is 2.80. The number of nitrogens with zero attached hydrogens (tertiary/aromatic N) is 2. The molecule has 0 bridgehead atoms. The molecular weight excluding hydrogens is 260 g/mol. The molecule has 3 N–H and O–H groups in total. The van der Waals surface area contributed by atoms with Crippen LogP contribution in [0.15, 0.2) is 48.8 Å². The van der Waals surface area contributed by atoms with Gasteiger partial charge in [-0.05, 0) is 36.6 Å². The first-order valence-corrected chi connectivity index (χ1v) is 6.93. The lowest BCUT2D eigenvalue weighted by molar-refractivity contribution is 0.639. The van der Waals surface area contributed by atoms with E-state index in [4.69, 9.17) is 5.84 Å². The molecule has 0 fully saturated rings. The van der Waals surface area contributed by atoms with Gasteiger partial charge in [-0.2, -0.15) is 0 Å². The Bertz CT molecular complexity index is 777. The largest absolute Gasteiger partial charge is 0.271 e. The summed E-state index contributed by atoms with van der Waals surface area (Å²) in [6, 6.07) is 12.3. The van der Waals surface area contributed by atoms with E-state index in [1.54, 1.807) is 12.4 Å². The summed E-state index contributed by atoms with van der Waals surface area (Å²) in [4.78, 5) is 8.81. The molecule has 0 saturated heterocycles. The van der Waals surface area contributed by atoms with Gasteiger partial charge >= 0.3 is 0 Å². The molecule has 3 rings (SSSR count). The third-order valence-electron chi connectivity index (χ3n) is 3.87. The molecule has 0 aliphatic rings. The van der Waals surface area contributed by atoms with Crippen molar-refractivity contribution in [1.82, 2.24) is 15.4 Å². The van der Waals surface area contributed by atoms with Gasteiger partial charge in [0.25, 0.3) is 0 Å². The fourth-order valence-electron chi connectivity index (χ4n) is 2.56. The maximum atomic E-state index is 5.82. The zero-order valence-corrected chi connectivity index (χ0v) is 12.2. The molecule has 1 aromatic heterocycles. The molecule has 4 heteroatoms. The van der Waals surface area contributed by atoms with E-state index in [0.717, 1.165) is 22.2 Å². The molecule has 0 aliphatic carbocycles. The second kappa shape index (κ2) is 5.60. The van der Waals surface area contributed by atoms with E-state index in [2.05, 4.69) is 47.4 Å². The van der Waals surface area contributed by atoms with E-state index in [1.807, 2.05) is 18.2 Å². The van der Waals surface area contributed by atoms with Crippen molar-refractivity contribution in [2.24, 2.45) is 5.84 Å². The summed E-state index contributed by atoms with van der Waals surface area (Å²) >= 11 is 0. The van der Waals surface area contributed by atoms with Crippen molar-refractivity contribution in [1.29, 1.82) is 0 Å². The van der Waals surface area contributed by atoms with Crippen LogP contribution in [0.1, 0.15) is 28.3 Å². The lowest BCUT2D eigenvalue weighted by atomic mass is 9.95. The standard InChI is InChI=1S/C17H18N4/c1-11-6-7-13(10-12(11)2)16(21-18)14-4-3-5-15-17(14)20-9-8-19-15/h3-10,16,21H,18H2,1-2H3. The van der Waals surface area contributed by atoms with Gasteiger partial charge in [0.1, 0.15) is 0 Å². The van der Waals surface area contributed by atoms with Crippen LogP contribution in [0.25, 0.3) is 11.0 Å². The zero-order valence-electron chi connectivity index (χ0n) is 12.2. The fraction of sp³-hybridized carbons (Fsp3) is 0.176. The van der Waals surface area contributed by atoms with Gasteiger partial charge in [0.15, 0.2) is 0 Å². The molecule has 1 heterocycles. The first-order chi connectivity index (χ1) is 10.2. The summed E-state index contributed by atoms with van der Waals surface area (Å²) < 4.78 is 0. The van der Waals surface area contributed by atoms with E-state index in [1.165, 1.54) is 11.1 Å². The van der Waals surface area contributed by atoms with Crippen LogP contribution in [0.5, 0.6) is 0 Å². The van der Waals surface area contributed by atoms with Crippen molar-refractivity contribution in [3.63, 3.8) is 0 Å². The quantitative estimate of drug-likeness (QED) is 0.571. The van der Waals surface area contributed by atoms with E-state index in [0.29, 0.717) is 0 Å². The first kappa shape index (κ1) is 13.7. The third-order valence-corrected chi connectivity index (χ3v) is 3.87. The predicted molar refractivity (Wildman–Crippen MR) is 84.6 cm³/mol. The highest BCUT2D eigenvalue weighted by Gasteiger charge is 2.16. The maximum absolute atomic E-state index is 5.82. The SMILES string of the molecule is Cc1ccc(C(NN)c2cccc3nccnc23)cc1C. The van der Waals surface area contributed by atoms with Crippen molar-refractivity contribution in [2.75, 3.05) is 0 Å². The second-order valence-electron chi connectivity index (χ2n) is 5.21. The lowest BCUT2D eigenvalue weighted by Gasteiger charge is -2.19. The van der Waals surface area contributed by atoms with Crippen LogP contribution < -0.4 is 11.3 Å². The topological polar surface area (TPSA) is 63.8 Å². The van der Waals surface area contributed by atoms with Crippen molar-refractivity contribution in [2.45, 2.75) is 19.9 Å².